The highest BCUT2D eigenvalue weighted by molar-refractivity contribution is 5.69. The van der Waals surface area contributed by atoms with Gasteiger partial charge < -0.3 is 14.6 Å². The Balaban J connectivity index is 2.60. The van der Waals surface area contributed by atoms with Gasteiger partial charge >= 0.3 is 5.97 Å². The van der Waals surface area contributed by atoms with E-state index in [1.165, 1.54) is 12.1 Å². The van der Waals surface area contributed by atoms with E-state index >= 15 is 0 Å². The molecule has 0 aliphatic rings. The molecule has 0 aliphatic carbocycles. The third-order valence-electron chi connectivity index (χ3n) is 3.59. The maximum atomic E-state index is 13.9. The van der Waals surface area contributed by atoms with Crippen molar-refractivity contribution in [3.8, 4) is 0 Å². The monoisotopic (exact) mass is 359 g/mol. The summed E-state index contributed by atoms with van der Waals surface area (Å²) in [5.41, 5.74) is 0.342. The predicted octanol–water partition coefficient (Wildman–Crippen LogP) is 2.51. The molecular formula is C18H27F2NO4. The van der Waals surface area contributed by atoms with Gasteiger partial charge in [-0.3, -0.25) is 9.69 Å². The summed E-state index contributed by atoms with van der Waals surface area (Å²) in [5.74, 6) is -1.60. The first-order valence-electron chi connectivity index (χ1n) is 8.45. The molecule has 142 valence electrons. The zero-order valence-corrected chi connectivity index (χ0v) is 14.8. The van der Waals surface area contributed by atoms with Crippen LogP contribution < -0.4 is 0 Å². The second-order valence-corrected chi connectivity index (χ2v) is 5.90. The summed E-state index contributed by atoms with van der Waals surface area (Å²) in [4.78, 5) is 13.2. The average molecular weight is 359 g/mol. The predicted molar refractivity (Wildman–Crippen MR) is 90.0 cm³/mol. The summed E-state index contributed by atoms with van der Waals surface area (Å²) in [7, 11) is 1.59. The Morgan fingerprint density at radius 3 is 2.76 bits per heavy atom. The largest absolute Gasteiger partial charge is 0.463 e. The minimum atomic E-state index is -0.883. The number of carbonyl (C=O) groups is 1. The van der Waals surface area contributed by atoms with Gasteiger partial charge in [-0.15, -0.1) is 0 Å². The molecule has 1 N–H and O–H groups in total. The van der Waals surface area contributed by atoms with E-state index in [9.17, 15) is 18.7 Å². The molecule has 5 nitrogen and oxygen atoms in total. The van der Waals surface area contributed by atoms with Crippen LogP contribution >= 0.6 is 0 Å². The van der Waals surface area contributed by atoms with Crippen molar-refractivity contribution in [2.24, 2.45) is 0 Å². The Hall–Kier alpha value is -1.57. The standard InChI is InChI=1S/C18H27F2NO4/c1-3-5-18(23)25-13-16(22)12-21(8-4-9-24-2)11-14-6-7-15(19)10-17(14)20/h6-7,10,16,22H,3-5,8-9,11-13H2,1-2H3. The fourth-order valence-corrected chi connectivity index (χ4v) is 2.37. The number of rotatable bonds is 12. The van der Waals surface area contributed by atoms with Crippen molar-refractivity contribution in [1.82, 2.24) is 4.90 Å². The number of halogens is 2. The second-order valence-electron chi connectivity index (χ2n) is 5.90. The molecule has 0 saturated heterocycles. The fourth-order valence-electron chi connectivity index (χ4n) is 2.37. The molecular weight excluding hydrogens is 332 g/mol. The number of aliphatic hydroxyl groups is 1. The zero-order chi connectivity index (χ0) is 18.7. The fraction of sp³-hybridized carbons (Fsp3) is 0.611. The van der Waals surface area contributed by atoms with Crippen LogP contribution in [0.4, 0.5) is 8.78 Å². The summed E-state index contributed by atoms with van der Waals surface area (Å²) in [5, 5.41) is 10.1. The van der Waals surface area contributed by atoms with Crippen molar-refractivity contribution < 1.29 is 28.2 Å². The topological polar surface area (TPSA) is 59.0 Å². The third kappa shape index (κ3) is 8.90. The first-order chi connectivity index (χ1) is 12.0. The summed E-state index contributed by atoms with van der Waals surface area (Å²) in [6.45, 7) is 3.28. The van der Waals surface area contributed by atoms with Crippen LogP contribution in [0.1, 0.15) is 31.7 Å². The number of carbonyl (C=O) groups excluding carboxylic acids is 1. The van der Waals surface area contributed by atoms with Gasteiger partial charge in [0, 0.05) is 51.4 Å². The van der Waals surface area contributed by atoms with E-state index < -0.39 is 17.7 Å². The third-order valence-corrected chi connectivity index (χ3v) is 3.59. The number of hydrogen-bond acceptors (Lipinski definition) is 5. The van der Waals surface area contributed by atoms with Crippen molar-refractivity contribution in [2.45, 2.75) is 38.8 Å². The maximum absolute atomic E-state index is 13.9. The molecule has 1 atom stereocenters. The highest BCUT2D eigenvalue weighted by Crippen LogP contribution is 2.13. The first kappa shape index (κ1) is 21.5. The van der Waals surface area contributed by atoms with E-state index in [2.05, 4.69) is 0 Å². The molecule has 0 amide bonds. The molecule has 0 radical (unpaired) electrons. The quantitative estimate of drug-likeness (QED) is 0.459. The Bertz CT molecular complexity index is 528. The van der Waals surface area contributed by atoms with Gasteiger partial charge in [0.1, 0.15) is 24.3 Å². The van der Waals surface area contributed by atoms with E-state index in [4.69, 9.17) is 9.47 Å². The zero-order valence-electron chi connectivity index (χ0n) is 14.8. The lowest BCUT2D eigenvalue weighted by atomic mass is 10.1. The molecule has 1 rings (SSSR count). The van der Waals surface area contributed by atoms with Crippen LogP contribution in [0, 0.1) is 11.6 Å². The van der Waals surface area contributed by atoms with Gasteiger partial charge in [0.05, 0.1) is 0 Å². The van der Waals surface area contributed by atoms with Gasteiger partial charge in [-0.2, -0.15) is 0 Å². The Labute approximate surface area is 147 Å². The summed E-state index contributed by atoms with van der Waals surface area (Å²) in [6.07, 6.45) is 0.807. The minimum absolute atomic E-state index is 0.106. The molecule has 7 heteroatoms. The Kier molecular flexibility index (Phi) is 10.2. The number of nitrogens with zero attached hydrogens (tertiary/aromatic N) is 1. The van der Waals surface area contributed by atoms with E-state index in [-0.39, 0.29) is 25.7 Å². The minimum Gasteiger partial charge on any atom is -0.463 e. The first-order valence-corrected chi connectivity index (χ1v) is 8.45. The summed E-state index contributed by atoms with van der Waals surface area (Å²) < 4.78 is 36.9. The molecule has 0 spiro atoms. The van der Waals surface area contributed by atoms with Crippen LogP contribution in [0.2, 0.25) is 0 Å². The lowest BCUT2D eigenvalue weighted by Gasteiger charge is -2.25. The van der Waals surface area contributed by atoms with Crippen molar-refractivity contribution in [2.75, 3.05) is 33.4 Å². The Morgan fingerprint density at radius 2 is 2.12 bits per heavy atom. The van der Waals surface area contributed by atoms with Crippen molar-refractivity contribution in [3.63, 3.8) is 0 Å². The van der Waals surface area contributed by atoms with Gasteiger partial charge in [0.15, 0.2) is 0 Å². The van der Waals surface area contributed by atoms with Crippen LogP contribution in [0.25, 0.3) is 0 Å². The number of methoxy groups -OCH3 is 1. The molecule has 0 aromatic heterocycles. The molecule has 1 aromatic rings. The van der Waals surface area contributed by atoms with Crippen LogP contribution in [-0.2, 0) is 20.8 Å². The van der Waals surface area contributed by atoms with Gasteiger partial charge in [0.25, 0.3) is 0 Å². The lowest BCUT2D eigenvalue weighted by Crippen LogP contribution is -2.36. The average Bonchev–Trinajstić information content (AvgIpc) is 2.56. The summed E-state index contributed by atoms with van der Waals surface area (Å²) in [6, 6.07) is 3.43. The van der Waals surface area contributed by atoms with Gasteiger partial charge in [-0.25, -0.2) is 8.78 Å². The molecule has 0 fully saturated rings. The molecule has 0 aliphatic heterocycles. The molecule has 1 unspecified atom stereocenters. The van der Waals surface area contributed by atoms with E-state index in [1.54, 1.807) is 7.11 Å². The van der Waals surface area contributed by atoms with Crippen LogP contribution in [0.15, 0.2) is 18.2 Å². The highest BCUT2D eigenvalue weighted by Gasteiger charge is 2.16. The van der Waals surface area contributed by atoms with E-state index in [0.717, 1.165) is 6.07 Å². The number of esters is 1. The smallest absolute Gasteiger partial charge is 0.305 e. The van der Waals surface area contributed by atoms with Gasteiger partial charge in [-0.1, -0.05) is 13.0 Å². The number of benzene rings is 1. The molecule has 0 heterocycles. The lowest BCUT2D eigenvalue weighted by molar-refractivity contribution is -0.147. The highest BCUT2D eigenvalue weighted by atomic mass is 19.1. The van der Waals surface area contributed by atoms with Gasteiger partial charge in [-0.05, 0) is 18.9 Å². The number of ether oxygens (including phenoxy) is 2. The van der Waals surface area contributed by atoms with Gasteiger partial charge in [0.2, 0.25) is 0 Å². The molecule has 1 aromatic carbocycles. The van der Waals surface area contributed by atoms with Crippen LogP contribution in [0.3, 0.4) is 0 Å². The SMILES string of the molecule is CCCC(=O)OCC(O)CN(CCCOC)Cc1ccc(F)cc1F. The van der Waals surface area contributed by atoms with Crippen LogP contribution in [-0.4, -0.2) is 55.5 Å². The molecule has 25 heavy (non-hydrogen) atoms. The van der Waals surface area contributed by atoms with Crippen molar-refractivity contribution >= 4 is 5.97 Å². The number of hydrogen-bond donors (Lipinski definition) is 1. The maximum Gasteiger partial charge on any atom is 0.305 e. The van der Waals surface area contributed by atoms with E-state index in [0.29, 0.717) is 38.0 Å². The molecule has 0 bridgehead atoms. The van der Waals surface area contributed by atoms with Crippen LogP contribution in [0.5, 0.6) is 0 Å². The summed E-state index contributed by atoms with van der Waals surface area (Å²) >= 11 is 0. The number of aliphatic hydroxyl groups excluding tert-OH is 1. The second kappa shape index (κ2) is 11.9. The normalized spacial score (nSPS) is 12.4. The molecule has 0 saturated carbocycles. The van der Waals surface area contributed by atoms with Crippen molar-refractivity contribution in [1.29, 1.82) is 0 Å². The van der Waals surface area contributed by atoms with Crippen molar-refractivity contribution in [3.05, 3.63) is 35.4 Å². The Morgan fingerprint density at radius 1 is 1.36 bits per heavy atom. The van der Waals surface area contributed by atoms with E-state index in [1.807, 2.05) is 11.8 Å².